The monoisotopic (exact) mass is 319 g/mol. The summed E-state index contributed by atoms with van der Waals surface area (Å²) in [4.78, 5) is 41.2. The molecule has 1 saturated heterocycles. The lowest BCUT2D eigenvalue weighted by atomic mass is 9.97. The summed E-state index contributed by atoms with van der Waals surface area (Å²) in [6.07, 6.45) is 2.97. The van der Waals surface area contributed by atoms with Crippen molar-refractivity contribution in [1.29, 1.82) is 0 Å². The minimum Gasteiger partial charge on any atom is -0.466 e. The number of pyridine rings is 1. The number of likely N-dealkylation sites (tertiary alicyclic amines) is 1. The van der Waals surface area contributed by atoms with Crippen LogP contribution in [0.25, 0.3) is 0 Å². The van der Waals surface area contributed by atoms with Gasteiger partial charge in [-0.05, 0) is 31.9 Å². The van der Waals surface area contributed by atoms with E-state index in [1.807, 2.05) is 0 Å². The van der Waals surface area contributed by atoms with Crippen molar-refractivity contribution in [3.05, 3.63) is 23.9 Å². The van der Waals surface area contributed by atoms with E-state index in [2.05, 4.69) is 10.3 Å². The molecular formula is C16H21N3O4. The molecule has 0 spiro atoms. The molecule has 1 N–H and O–H groups in total. The Kier molecular flexibility index (Phi) is 5.67. The van der Waals surface area contributed by atoms with Crippen molar-refractivity contribution >= 4 is 23.6 Å². The maximum absolute atomic E-state index is 12.6. The molecule has 7 nitrogen and oxygen atoms in total. The molecule has 1 aromatic heterocycles. The SMILES string of the molecule is CCOC(=O)C1CCCN(C(=O)c2ccnc(NC(C)=O)c2)C1. The van der Waals surface area contributed by atoms with Crippen molar-refractivity contribution in [2.45, 2.75) is 26.7 Å². The Labute approximate surface area is 135 Å². The second kappa shape index (κ2) is 7.71. The minimum absolute atomic E-state index is 0.173. The van der Waals surface area contributed by atoms with E-state index in [-0.39, 0.29) is 23.7 Å². The predicted octanol–water partition coefficient (Wildman–Crippen LogP) is 1.46. The van der Waals surface area contributed by atoms with Crippen molar-refractivity contribution in [2.24, 2.45) is 5.92 Å². The zero-order valence-corrected chi connectivity index (χ0v) is 13.4. The number of hydrogen-bond donors (Lipinski definition) is 1. The Balaban J connectivity index is 2.07. The highest BCUT2D eigenvalue weighted by atomic mass is 16.5. The maximum Gasteiger partial charge on any atom is 0.310 e. The van der Waals surface area contributed by atoms with Crippen LogP contribution in [0.3, 0.4) is 0 Å². The molecule has 1 aliphatic heterocycles. The number of esters is 1. The first kappa shape index (κ1) is 16.9. The number of ether oxygens (including phenoxy) is 1. The van der Waals surface area contributed by atoms with Gasteiger partial charge in [0.15, 0.2) is 0 Å². The van der Waals surface area contributed by atoms with Crippen molar-refractivity contribution < 1.29 is 19.1 Å². The Bertz CT molecular complexity index is 603. The van der Waals surface area contributed by atoms with E-state index in [1.54, 1.807) is 17.9 Å². The molecule has 1 aliphatic rings. The first-order valence-corrected chi connectivity index (χ1v) is 7.70. The van der Waals surface area contributed by atoms with Gasteiger partial charge in [0.25, 0.3) is 5.91 Å². The predicted molar refractivity (Wildman–Crippen MR) is 83.8 cm³/mol. The molecule has 2 amide bonds. The molecule has 0 aromatic carbocycles. The van der Waals surface area contributed by atoms with Crippen LogP contribution in [0.4, 0.5) is 5.82 Å². The van der Waals surface area contributed by atoms with Gasteiger partial charge in [0.1, 0.15) is 5.82 Å². The van der Waals surface area contributed by atoms with Crippen LogP contribution < -0.4 is 5.32 Å². The number of aromatic nitrogens is 1. The summed E-state index contributed by atoms with van der Waals surface area (Å²) in [7, 11) is 0. The highest BCUT2D eigenvalue weighted by Crippen LogP contribution is 2.20. The van der Waals surface area contributed by atoms with Gasteiger partial charge in [-0.25, -0.2) is 4.98 Å². The van der Waals surface area contributed by atoms with E-state index < -0.39 is 0 Å². The lowest BCUT2D eigenvalue weighted by molar-refractivity contribution is -0.149. The van der Waals surface area contributed by atoms with E-state index in [1.165, 1.54) is 19.2 Å². The van der Waals surface area contributed by atoms with Gasteiger partial charge >= 0.3 is 5.97 Å². The van der Waals surface area contributed by atoms with Crippen molar-refractivity contribution in [3.63, 3.8) is 0 Å². The number of carbonyl (C=O) groups is 3. The summed E-state index contributed by atoms with van der Waals surface area (Å²) >= 11 is 0. The van der Waals surface area contributed by atoms with Gasteiger partial charge in [-0.2, -0.15) is 0 Å². The van der Waals surface area contributed by atoms with E-state index in [4.69, 9.17) is 4.74 Å². The van der Waals surface area contributed by atoms with Crippen LogP contribution >= 0.6 is 0 Å². The van der Waals surface area contributed by atoms with Gasteiger partial charge in [-0.1, -0.05) is 0 Å². The number of nitrogens with one attached hydrogen (secondary N) is 1. The Morgan fingerprint density at radius 2 is 2.22 bits per heavy atom. The molecule has 0 radical (unpaired) electrons. The van der Waals surface area contributed by atoms with E-state index in [9.17, 15) is 14.4 Å². The van der Waals surface area contributed by atoms with Gasteiger partial charge in [-0.3, -0.25) is 14.4 Å². The topological polar surface area (TPSA) is 88.6 Å². The molecule has 0 bridgehead atoms. The summed E-state index contributed by atoms with van der Waals surface area (Å²) in [5.74, 6) is -0.610. The molecule has 7 heteroatoms. The fourth-order valence-corrected chi connectivity index (χ4v) is 2.61. The number of anilines is 1. The first-order chi connectivity index (χ1) is 11.0. The van der Waals surface area contributed by atoms with Gasteiger partial charge in [0.2, 0.25) is 5.91 Å². The second-order valence-electron chi connectivity index (χ2n) is 5.45. The van der Waals surface area contributed by atoms with Crippen LogP contribution in [0.15, 0.2) is 18.3 Å². The van der Waals surface area contributed by atoms with Crippen molar-refractivity contribution in [2.75, 3.05) is 25.0 Å². The third-order valence-electron chi connectivity index (χ3n) is 3.64. The van der Waals surface area contributed by atoms with E-state index in [0.717, 1.165) is 12.8 Å². The first-order valence-electron chi connectivity index (χ1n) is 7.70. The molecule has 1 fully saturated rings. The molecule has 0 saturated carbocycles. The molecule has 1 unspecified atom stereocenters. The molecule has 1 atom stereocenters. The van der Waals surface area contributed by atoms with Gasteiger partial charge in [-0.15, -0.1) is 0 Å². The summed E-state index contributed by atoms with van der Waals surface area (Å²) in [6, 6.07) is 3.14. The fraction of sp³-hybridized carbons (Fsp3) is 0.500. The van der Waals surface area contributed by atoms with Crippen molar-refractivity contribution in [1.82, 2.24) is 9.88 Å². The number of carbonyl (C=O) groups excluding carboxylic acids is 3. The summed E-state index contributed by atoms with van der Waals surface area (Å²) in [6.45, 7) is 4.45. The quantitative estimate of drug-likeness (QED) is 0.849. The van der Waals surface area contributed by atoms with Gasteiger partial charge < -0.3 is 15.0 Å². The number of piperidine rings is 1. The Hall–Kier alpha value is -2.44. The Morgan fingerprint density at radius 3 is 2.91 bits per heavy atom. The lowest BCUT2D eigenvalue weighted by Gasteiger charge is -2.31. The number of nitrogens with zero attached hydrogens (tertiary/aromatic N) is 2. The van der Waals surface area contributed by atoms with Crippen LogP contribution in [-0.4, -0.2) is 47.4 Å². The highest BCUT2D eigenvalue weighted by Gasteiger charge is 2.29. The molecule has 0 aliphatic carbocycles. The molecule has 2 rings (SSSR count). The number of hydrogen-bond acceptors (Lipinski definition) is 5. The van der Waals surface area contributed by atoms with Crippen LogP contribution in [0.2, 0.25) is 0 Å². The molecule has 23 heavy (non-hydrogen) atoms. The zero-order chi connectivity index (χ0) is 16.8. The molecule has 124 valence electrons. The zero-order valence-electron chi connectivity index (χ0n) is 13.4. The van der Waals surface area contributed by atoms with E-state index >= 15 is 0 Å². The summed E-state index contributed by atoms with van der Waals surface area (Å²) in [5.41, 5.74) is 0.438. The largest absolute Gasteiger partial charge is 0.466 e. The normalized spacial score (nSPS) is 17.5. The van der Waals surface area contributed by atoms with Crippen LogP contribution in [-0.2, 0) is 14.3 Å². The molecule has 2 heterocycles. The lowest BCUT2D eigenvalue weighted by Crippen LogP contribution is -2.42. The average molecular weight is 319 g/mol. The number of rotatable bonds is 4. The Morgan fingerprint density at radius 1 is 1.43 bits per heavy atom. The summed E-state index contributed by atoms with van der Waals surface area (Å²) < 4.78 is 5.04. The van der Waals surface area contributed by atoms with Crippen LogP contribution in [0.5, 0.6) is 0 Å². The second-order valence-corrected chi connectivity index (χ2v) is 5.45. The third kappa shape index (κ3) is 4.51. The smallest absolute Gasteiger partial charge is 0.310 e. The number of amides is 2. The minimum atomic E-state index is -0.274. The van der Waals surface area contributed by atoms with Crippen LogP contribution in [0, 0.1) is 5.92 Å². The van der Waals surface area contributed by atoms with Gasteiger partial charge in [0.05, 0.1) is 12.5 Å². The maximum atomic E-state index is 12.6. The highest BCUT2D eigenvalue weighted by molar-refractivity contribution is 5.96. The standard InChI is InChI=1S/C16H21N3O4/c1-3-23-16(22)13-5-4-8-19(10-13)15(21)12-6-7-17-14(9-12)18-11(2)20/h6-7,9,13H,3-5,8,10H2,1-2H3,(H,17,18,20). The summed E-state index contributed by atoms with van der Waals surface area (Å²) in [5, 5.41) is 2.55. The molecular weight excluding hydrogens is 298 g/mol. The van der Waals surface area contributed by atoms with Gasteiger partial charge in [0, 0.05) is 31.8 Å². The third-order valence-corrected chi connectivity index (χ3v) is 3.64. The average Bonchev–Trinajstić information content (AvgIpc) is 2.54. The van der Waals surface area contributed by atoms with Crippen molar-refractivity contribution in [3.8, 4) is 0 Å². The van der Waals surface area contributed by atoms with E-state index in [0.29, 0.717) is 31.1 Å². The van der Waals surface area contributed by atoms with Crippen LogP contribution in [0.1, 0.15) is 37.0 Å². The molecule has 1 aromatic rings. The fourth-order valence-electron chi connectivity index (χ4n) is 2.61.